The monoisotopic (exact) mass is 390 g/mol. The molecule has 0 saturated heterocycles. The maximum atomic E-state index is 11.2. The molecule has 0 bridgehead atoms. The van der Waals surface area contributed by atoms with Gasteiger partial charge in [0, 0.05) is 5.56 Å². The Balaban J connectivity index is 1.51. The third kappa shape index (κ3) is 4.74. The van der Waals surface area contributed by atoms with Crippen LogP contribution in [-0.2, 0) is 23.0 Å². The highest BCUT2D eigenvalue weighted by atomic mass is 35.5. The average molecular weight is 391 g/mol. The van der Waals surface area contributed by atoms with Gasteiger partial charge in [0.05, 0.1) is 16.5 Å². The van der Waals surface area contributed by atoms with E-state index in [1.165, 1.54) is 12.1 Å². The van der Waals surface area contributed by atoms with E-state index in [9.17, 15) is 8.42 Å². The summed E-state index contributed by atoms with van der Waals surface area (Å²) in [6.07, 6.45) is 0.767. The van der Waals surface area contributed by atoms with Crippen molar-refractivity contribution in [2.45, 2.75) is 17.9 Å². The van der Waals surface area contributed by atoms with E-state index in [4.69, 9.17) is 21.2 Å². The van der Waals surface area contributed by atoms with Crippen LogP contribution in [0.1, 0.15) is 11.3 Å². The topological polar surface area (TPSA) is 85.3 Å². The molecule has 0 unspecified atom stereocenters. The normalized spacial score (nSPS) is 11.6. The Hall–Kier alpha value is -2.12. The van der Waals surface area contributed by atoms with E-state index in [0.29, 0.717) is 11.6 Å². The van der Waals surface area contributed by atoms with Crippen molar-refractivity contribution in [3.63, 3.8) is 0 Å². The molecule has 0 saturated carbocycles. The zero-order valence-electron chi connectivity index (χ0n) is 14.0. The van der Waals surface area contributed by atoms with E-state index >= 15 is 0 Å². The maximum Gasteiger partial charge on any atom is 0.238 e. The zero-order chi connectivity index (χ0) is 18.6. The van der Waals surface area contributed by atoms with Crippen molar-refractivity contribution >= 4 is 21.6 Å². The molecule has 7 heteroatoms. The minimum Gasteiger partial charge on any atom is -0.460 e. The molecule has 0 atom stereocenters. The highest BCUT2D eigenvalue weighted by molar-refractivity contribution is 7.89. The Morgan fingerprint density at radius 2 is 1.73 bits per heavy atom. The van der Waals surface area contributed by atoms with E-state index in [2.05, 4.69) is 5.32 Å². The molecule has 5 nitrogen and oxygen atoms in total. The summed E-state index contributed by atoms with van der Waals surface area (Å²) < 4.78 is 28.3. The number of hydrogen-bond acceptors (Lipinski definition) is 4. The van der Waals surface area contributed by atoms with E-state index in [-0.39, 0.29) is 4.90 Å². The van der Waals surface area contributed by atoms with E-state index < -0.39 is 10.0 Å². The van der Waals surface area contributed by atoms with Gasteiger partial charge in [0.25, 0.3) is 0 Å². The van der Waals surface area contributed by atoms with Crippen LogP contribution in [-0.4, -0.2) is 15.0 Å². The van der Waals surface area contributed by atoms with Gasteiger partial charge in [0.1, 0.15) is 11.5 Å². The average Bonchev–Trinajstić information content (AvgIpc) is 3.07. The second kappa shape index (κ2) is 8.05. The fourth-order valence-electron chi connectivity index (χ4n) is 2.57. The molecule has 26 heavy (non-hydrogen) atoms. The highest BCUT2D eigenvalue weighted by Gasteiger charge is 2.08. The Morgan fingerprint density at radius 3 is 2.42 bits per heavy atom. The number of halogens is 1. The van der Waals surface area contributed by atoms with Gasteiger partial charge in [-0.15, -0.1) is 0 Å². The van der Waals surface area contributed by atoms with Crippen LogP contribution in [0.15, 0.2) is 70.0 Å². The Kier molecular flexibility index (Phi) is 5.78. The molecule has 2 aromatic carbocycles. The Labute approximate surface area is 157 Å². The maximum absolute atomic E-state index is 11.2. The largest absolute Gasteiger partial charge is 0.460 e. The molecule has 3 N–H and O–H groups in total. The molecule has 1 aromatic heterocycles. The molecular formula is C19H19ClN2O3S. The second-order valence-electron chi connectivity index (χ2n) is 5.86. The molecule has 0 aliphatic heterocycles. The van der Waals surface area contributed by atoms with Gasteiger partial charge in [-0.1, -0.05) is 35.9 Å². The fourth-order valence-corrected chi connectivity index (χ4v) is 3.31. The lowest BCUT2D eigenvalue weighted by Gasteiger charge is -2.05. The number of primary sulfonamides is 1. The Bertz CT molecular complexity index is 982. The summed E-state index contributed by atoms with van der Waals surface area (Å²) in [5.74, 6) is 1.57. The van der Waals surface area contributed by atoms with Gasteiger partial charge in [-0.3, -0.25) is 0 Å². The molecule has 1 heterocycles. The third-order valence-electron chi connectivity index (χ3n) is 3.94. The molecular weight excluding hydrogens is 372 g/mol. The molecule has 0 aliphatic rings. The number of nitrogens with two attached hydrogens (primary N) is 1. The Morgan fingerprint density at radius 1 is 1.00 bits per heavy atom. The van der Waals surface area contributed by atoms with Gasteiger partial charge < -0.3 is 9.73 Å². The van der Waals surface area contributed by atoms with Gasteiger partial charge in [0.15, 0.2) is 0 Å². The van der Waals surface area contributed by atoms with Crippen LogP contribution in [0.25, 0.3) is 11.3 Å². The van der Waals surface area contributed by atoms with Crippen LogP contribution in [0.3, 0.4) is 0 Å². The predicted molar refractivity (Wildman–Crippen MR) is 102 cm³/mol. The van der Waals surface area contributed by atoms with Crippen molar-refractivity contribution in [3.8, 4) is 11.3 Å². The van der Waals surface area contributed by atoms with Crippen LogP contribution in [0.5, 0.6) is 0 Å². The summed E-state index contributed by atoms with van der Waals surface area (Å²) in [7, 11) is -3.64. The number of rotatable bonds is 7. The molecule has 0 amide bonds. The second-order valence-corrected chi connectivity index (χ2v) is 7.83. The van der Waals surface area contributed by atoms with Crippen LogP contribution in [0, 0.1) is 0 Å². The van der Waals surface area contributed by atoms with Crippen molar-refractivity contribution in [2.24, 2.45) is 5.14 Å². The zero-order valence-corrected chi connectivity index (χ0v) is 15.6. The molecule has 3 aromatic rings. The van der Waals surface area contributed by atoms with Gasteiger partial charge in [-0.2, -0.15) is 0 Å². The van der Waals surface area contributed by atoms with Crippen molar-refractivity contribution in [1.82, 2.24) is 5.32 Å². The van der Waals surface area contributed by atoms with Gasteiger partial charge in [0.2, 0.25) is 10.0 Å². The predicted octanol–water partition coefficient (Wildman–Crippen LogP) is 3.58. The highest BCUT2D eigenvalue weighted by Crippen LogP contribution is 2.28. The molecule has 0 aliphatic carbocycles. The first-order valence-corrected chi connectivity index (χ1v) is 10.0. The van der Waals surface area contributed by atoms with E-state index in [0.717, 1.165) is 35.6 Å². The molecule has 0 fully saturated rings. The van der Waals surface area contributed by atoms with Gasteiger partial charge >= 0.3 is 0 Å². The van der Waals surface area contributed by atoms with Crippen molar-refractivity contribution in [1.29, 1.82) is 0 Å². The van der Waals surface area contributed by atoms with Gasteiger partial charge in [-0.05, 0) is 54.9 Å². The van der Waals surface area contributed by atoms with Crippen molar-refractivity contribution < 1.29 is 12.8 Å². The molecule has 0 radical (unpaired) electrons. The molecule has 136 valence electrons. The first-order valence-electron chi connectivity index (χ1n) is 8.09. The van der Waals surface area contributed by atoms with Crippen molar-refractivity contribution in [3.05, 3.63) is 77.0 Å². The minimum absolute atomic E-state index is 0.122. The van der Waals surface area contributed by atoms with Crippen LogP contribution < -0.4 is 10.5 Å². The summed E-state index contributed by atoms with van der Waals surface area (Å²) in [6.45, 7) is 1.33. The minimum atomic E-state index is -3.64. The van der Waals surface area contributed by atoms with Crippen LogP contribution in [0.2, 0.25) is 5.02 Å². The smallest absolute Gasteiger partial charge is 0.238 e. The lowest BCUT2D eigenvalue weighted by Crippen LogP contribution is -2.16. The SMILES string of the molecule is NS(=O)(=O)c1ccc(CCNCc2ccc(-c3ccccc3Cl)o2)cc1. The van der Waals surface area contributed by atoms with E-state index in [1.807, 2.05) is 36.4 Å². The summed E-state index contributed by atoms with van der Waals surface area (Å²) >= 11 is 6.18. The third-order valence-corrected chi connectivity index (χ3v) is 5.20. The number of hydrogen-bond donors (Lipinski definition) is 2. The molecule has 0 spiro atoms. The van der Waals surface area contributed by atoms with Gasteiger partial charge in [-0.25, -0.2) is 13.6 Å². The van der Waals surface area contributed by atoms with E-state index in [1.54, 1.807) is 12.1 Å². The number of benzene rings is 2. The van der Waals surface area contributed by atoms with Crippen LogP contribution >= 0.6 is 11.6 Å². The summed E-state index contributed by atoms with van der Waals surface area (Å²) in [5, 5.41) is 9.05. The lowest BCUT2D eigenvalue weighted by molar-refractivity contribution is 0.495. The summed E-state index contributed by atoms with van der Waals surface area (Å²) in [4.78, 5) is 0.122. The van der Waals surface area contributed by atoms with Crippen LogP contribution in [0.4, 0.5) is 0 Å². The van der Waals surface area contributed by atoms with Crippen molar-refractivity contribution in [2.75, 3.05) is 6.54 Å². The quantitative estimate of drug-likeness (QED) is 0.604. The summed E-state index contributed by atoms with van der Waals surface area (Å²) in [5.41, 5.74) is 1.90. The lowest BCUT2D eigenvalue weighted by atomic mass is 10.1. The number of furan rings is 1. The molecule has 3 rings (SSSR count). The summed E-state index contributed by atoms with van der Waals surface area (Å²) in [6, 6.07) is 18.0. The first-order chi connectivity index (χ1) is 12.4. The number of sulfonamides is 1. The standard InChI is InChI=1S/C19H19ClN2O3S/c20-18-4-2-1-3-17(18)19-10-7-15(25-19)13-22-12-11-14-5-8-16(9-6-14)26(21,23)24/h1-10,22H,11-13H2,(H2,21,23,24). The number of nitrogens with one attached hydrogen (secondary N) is 1. The fraction of sp³-hybridized carbons (Fsp3) is 0.158. The first kappa shape index (κ1) is 18.7.